The molecular formula is C12H20N4O. The van der Waals surface area contributed by atoms with Crippen molar-refractivity contribution in [2.24, 2.45) is 5.41 Å². The number of amides is 1. The standard InChI is InChI=1S/C12H20N4O/c1-2-12(4-6-13-10-12)11(17)14-7-9-16-8-3-5-15-16/h3,5,8,13H,2,4,6-7,9-10H2,1H3,(H,14,17). The molecule has 0 saturated carbocycles. The van der Waals surface area contributed by atoms with Crippen molar-refractivity contribution < 1.29 is 4.79 Å². The third-order valence-electron chi connectivity index (χ3n) is 3.59. The van der Waals surface area contributed by atoms with Crippen LogP contribution in [-0.2, 0) is 11.3 Å². The highest BCUT2D eigenvalue weighted by Crippen LogP contribution is 2.29. The number of nitrogens with one attached hydrogen (secondary N) is 2. The SMILES string of the molecule is CCC1(C(=O)NCCn2cccn2)CCNC1. The summed E-state index contributed by atoms with van der Waals surface area (Å²) in [6, 6.07) is 1.89. The minimum Gasteiger partial charge on any atom is -0.354 e. The molecule has 1 unspecified atom stereocenters. The zero-order chi connectivity index (χ0) is 12.1. The summed E-state index contributed by atoms with van der Waals surface area (Å²) in [7, 11) is 0. The first-order chi connectivity index (χ1) is 8.27. The zero-order valence-electron chi connectivity index (χ0n) is 10.3. The van der Waals surface area contributed by atoms with Gasteiger partial charge in [-0.3, -0.25) is 9.48 Å². The van der Waals surface area contributed by atoms with Crippen molar-refractivity contribution in [3.63, 3.8) is 0 Å². The molecule has 1 fully saturated rings. The van der Waals surface area contributed by atoms with Crippen molar-refractivity contribution in [1.82, 2.24) is 20.4 Å². The fourth-order valence-corrected chi connectivity index (χ4v) is 2.30. The first-order valence-corrected chi connectivity index (χ1v) is 6.23. The molecule has 1 aliphatic rings. The van der Waals surface area contributed by atoms with Crippen LogP contribution >= 0.6 is 0 Å². The predicted octanol–water partition coefficient (Wildman–Crippen LogP) is 0.389. The van der Waals surface area contributed by atoms with Crippen molar-refractivity contribution in [2.45, 2.75) is 26.3 Å². The summed E-state index contributed by atoms with van der Waals surface area (Å²) >= 11 is 0. The van der Waals surface area contributed by atoms with Gasteiger partial charge in [-0.1, -0.05) is 6.92 Å². The normalized spacial score (nSPS) is 23.8. The summed E-state index contributed by atoms with van der Waals surface area (Å²) < 4.78 is 1.83. The molecule has 1 aromatic heterocycles. The molecule has 2 rings (SSSR count). The van der Waals surface area contributed by atoms with Gasteiger partial charge in [0, 0.05) is 25.5 Å². The third-order valence-corrected chi connectivity index (χ3v) is 3.59. The summed E-state index contributed by atoms with van der Waals surface area (Å²) in [5, 5.41) is 10.4. The number of hydrogen-bond donors (Lipinski definition) is 2. The van der Waals surface area contributed by atoms with E-state index in [-0.39, 0.29) is 11.3 Å². The van der Waals surface area contributed by atoms with Crippen molar-refractivity contribution in [3.8, 4) is 0 Å². The summed E-state index contributed by atoms with van der Waals surface area (Å²) in [6.07, 6.45) is 5.49. The molecular weight excluding hydrogens is 216 g/mol. The van der Waals surface area contributed by atoms with E-state index in [1.54, 1.807) is 6.20 Å². The van der Waals surface area contributed by atoms with Gasteiger partial charge in [-0.05, 0) is 25.5 Å². The van der Waals surface area contributed by atoms with E-state index in [4.69, 9.17) is 0 Å². The molecule has 94 valence electrons. The Balaban J connectivity index is 1.80. The average Bonchev–Trinajstić information content (AvgIpc) is 3.00. The maximum absolute atomic E-state index is 12.1. The molecule has 0 aliphatic carbocycles. The van der Waals surface area contributed by atoms with Crippen molar-refractivity contribution in [1.29, 1.82) is 0 Å². The highest BCUT2D eigenvalue weighted by molar-refractivity contribution is 5.83. The molecule has 0 radical (unpaired) electrons. The molecule has 1 aliphatic heterocycles. The predicted molar refractivity (Wildman–Crippen MR) is 65.4 cm³/mol. The van der Waals surface area contributed by atoms with E-state index in [9.17, 15) is 4.79 Å². The van der Waals surface area contributed by atoms with Gasteiger partial charge in [0.25, 0.3) is 0 Å². The summed E-state index contributed by atoms with van der Waals surface area (Å²) in [5.74, 6) is 0.178. The van der Waals surface area contributed by atoms with Crippen LogP contribution in [0.2, 0.25) is 0 Å². The second-order valence-corrected chi connectivity index (χ2v) is 4.59. The molecule has 5 nitrogen and oxygen atoms in total. The molecule has 1 atom stereocenters. The van der Waals surface area contributed by atoms with Crippen LogP contribution in [0.5, 0.6) is 0 Å². The van der Waals surface area contributed by atoms with E-state index >= 15 is 0 Å². The van der Waals surface area contributed by atoms with E-state index < -0.39 is 0 Å². The van der Waals surface area contributed by atoms with Gasteiger partial charge in [0.15, 0.2) is 0 Å². The molecule has 1 amide bonds. The van der Waals surface area contributed by atoms with E-state index in [1.807, 2.05) is 16.9 Å². The van der Waals surface area contributed by atoms with Crippen LogP contribution in [-0.4, -0.2) is 35.3 Å². The average molecular weight is 236 g/mol. The largest absolute Gasteiger partial charge is 0.354 e. The molecule has 17 heavy (non-hydrogen) atoms. The molecule has 5 heteroatoms. The van der Waals surface area contributed by atoms with Crippen LogP contribution < -0.4 is 10.6 Å². The van der Waals surface area contributed by atoms with Gasteiger partial charge >= 0.3 is 0 Å². The Kier molecular flexibility index (Phi) is 3.78. The van der Waals surface area contributed by atoms with Crippen LogP contribution in [0.25, 0.3) is 0 Å². The maximum Gasteiger partial charge on any atom is 0.227 e. The second-order valence-electron chi connectivity index (χ2n) is 4.59. The van der Waals surface area contributed by atoms with Crippen molar-refractivity contribution in [2.75, 3.05) is 19.6 Å². The number of carbonyl (C=O) groups excluding carboxylic acids is 1. The number of hydrogen-bond acceptors (Lipinski definition) is 3. The Morgan fingerprint density at radius 3 is 3.12 bits per heavy atom. The van der Waals surface area contributed by atoms with Gasteiger partial charge in [0.2, 0.25) is 5.91 Å². The molecule has 2 heterocycles. The topological polar surface area (TPSA) is 59.0 Å². The Hall–Kier alpha value is -1.36. The molecule has 0 bridgehead atoms. The second kappa shape index (κ2) is 5.31. The Morgan fingerprint density at radius 2 is 2.53 bits per heavy atom. The van der Waals surface area contributed by atoms with Gasteiger partial charge < -0.3 is 10.6 Å². The van der Waals surface area contributed by atoms with E-state index in [0.29, 0.717) is 6.54 Å². The number of rotatable bonds is 5. The fraction of sp³-hybridized carbons (Fsp3) is 0.667. The fourth-order valence-electron chi connectivity index (χ4n) is 2.30. The lowest BCUT2D eigenvalue weighted by molar-refractivity contribution is -0.130. The van der Waals surface area contributed by atoms with Gasteiger partial charge in [-0.15, -0.1) is 0 Å². The quantitative estimate of drug-likeness (QED) is 0.777. The Bertz CT molecular complexity index is 355. The van der Waals surface area contributed by atoms with Crippen LogP contribution in [0.4, 0.5) is 0 Å². The maximum atomic E-state index is 12.1. The lowest BCUT2D eigenvalue weighted by Gasteiger charge is -2.25. The number of carbonyl (C=O) groups is 1. The molecule has 1 saturated heterocycles. The first-order valence-electron chi connectivity index (χ1n) is 6.23. The Morgan fingerprint density at radius 1 is 1.65 bits per heavy atom. The minimum atomic E-state index is -0.190. The van der Waals surface area contributed by atoms with Crippen molar-refractivity contribution >= 4 is 5.91 Å². The Labute approximate surface area is 102 Å². The van der Waals surface area contributed by atoms with Crippen LogP contribution in [0.1, 0.15) is 19.8 Å². The molecule has 1 aromatic rings. The van der Waals surface area contributed by atoms with Gasteiger partial charge in [-0.2, -0.15) is 5.10 Å². The summed E-state index contributed by atoms with van der Waals surface area (Å²) in [6.45, 7) is 5.20. The highest BCUT2D eigenvalue weighted by atomic mass is 16.2. The van der Waals surface area contributed by atoms with E-state index in [0.717, 1.165) is 32.5 Å². The number of aromatic nitrogens is 2. The lowest BCUT2D eigenvalue weighted by atomic mass is 9.83. The van der Waals surface area contributed by atoms with Gasteiger partial charge in [0.05, 0.1) is 12.0 Å². The van der Waals surface area contributed by atoms with Crippen molar-refractivity contribution in [3.05, 3.63) is 18.5 Å². The van der Waals surface area contributed by atoms with Crippen LogP contribution in [0.15, 0.2) is 18.5 Å². The smallest absolute Gasteiger partial charge is 0.227 e. The molecule has 2 N–H and O–H groups in total. The summed E-state index contributed by atoms with van der Waals surface area (Å²) in [5.41, 5.74) is -0.190. The first kappa shape index (κ1) is 12.1. The lowest BCUT2D eigenvalue weighted by Crippen LogP contribution is -2.43. The van der Waals surface area contributed by atoms with Crippen LogP contribution in [0, 0.1) is 5.41 Å². The molecule has 0 aromatic carbocycles. The zero-order valence-corrected chi connectivity index (χ0v) is 10.3. The van der Waals surface area contributed by atoms with E-state index in [2.05, 4.69) is 22.7 Å². The molecule has 0 spiro atoms. The third kappa shape index (κ3) is 2.66. The van der Waals surface area contributed by atoms with E-state index in [1.165, 1.54) is 0 Å². The monoisotopic (exact) mass is 236 g/mol. The van der Waals surface area contributed by atoms with Gasteiger partial charge in [0.1, 0.15) is 0 Å². The number of nitrogens with zero attached hydrogens (tertiary/aromatic N) is 2. The summed E-state index contributed by atoms with van der Waals surface area (Å²) in [4.78, 5) is 12.1. The van der Waals surface area contributed by atoms with Crippen LogP contribution in [0.3, 0.4) is 0 Å². The minimum absolute atomic E-state index is 0.178. The van der Waals surface area contributed by atoms with Gasteiger partial charge in [-0.25, -0.2) is 0 Å². The highest BCUT2D eigenvalue weighted by Gasteiger charge is 2.38.